The largest absolute Gasteiger partial charge is 0.465 e. The normalized spacial score (nSPS) is 23.9. The molecule has 1 aliphatic heterocycles. The quantitative estimate of drug-likeness (QED) is 0.860. The third-order valence-corrected chi connectivity index (χ3v) is 4.06. The van der Waals surface area contributed by atoms with Crippen molar-refractivity contribution in [3.05, 3.63) is 35.1 Å². The van der Waals surface area contributed by atoms with Crippen LogP contribution in [0.25, 0.3) is 0 Å². The highest BCUT2D eigenvalue weighted by Gasteiger charge is 2.43. The highest BCUT2D eigenvalue weighted by atomic mass is 19.1. The van der Waals surface area contributed by atoms with Gasteiger partial charge in [-0.2, -0.15) is 0 Å². The molecule has 1 atom stereocenters. The summed E-state index contributed by atoms with van der Waals surface area (Å²) in [5.74, 6) is -0.189. The molecule has 1 aromatic carbocycles. The smallest absolute Gasteiger partial charge is 0.407 e. The Labute approximate surface area is 111 Å². The third-order valence-electron chi connectivity index (χ3n) is 4.06. The van der Waals surface area contributed by atoms with Gasteiger partial charge >= 0.3 is 6.09 Å². The van der Waals surface area contributed by atoms with Gasteiger partial charge in [0, 0.05) is 19.1 Å². The van der Waals surface area contributed by atoms with E-state index in [1.165, 1.54) is 11.0 Å². The van der Waals surface area contributed by atoms with Gasteiger partial charge in [-0.1, -0.05) is 6.07 Å². The van der Waals surface area contributed by atoms with Crippen LogP contribution in [0.5, 0.6) is 0 Å². The summed E-state index contributed by atoms with van der Waals surface area (Å²) in [7, 11) is 0. The Kier molecular flexibility index (Phi) is 2.74. The molecule has 3 rings (SSSR count). The molecule has 0 spiro atoms. The minimum absolute atomic E-state index is 0.168. The summed E-state index contributed by atoms with van der Waals surface area (Å²) in [6.07, 6.45) is 0.957. The fraction of sp³-hybridized carbons (Fsp3) is 0.500. The molecule has 5 heteroatoms. The molecule has 19 heavy (non-hydrogen) atoms. The predicted octanol–water partition coefficient (Wildman–Crippen LogP) is 2.15. The number of likely N-dealkylation sites (tertiary alicyclic amines) is 1. The summed E-state index contributed by atoms with van der Waals surface area (Å²) in [5, 5.41) is 12.4. The molecular weight excluding hydrogens is 247 g/mol. The summed E-state index contributed by atoms with van der Waals surface area (Å²) in [6, 6.07) is 5.14. The number of halogens is 1. The second-order valence-corrected chi connectivity index (χ2v) is 5.78. The van der Waals surface area contributed by atoms with Crippen LogP contribution in [0.1, 0.15) is 30.5 Å². The number of fused-ring (bicyclic) bond motifs is 1. The topological polar surface area (TPSA) is 52.6 Å². The zero-order valence-electron chi connectivity index (χ0n) is 10.8. The maximum atomic E-state index is 13.2. The van der Waals surface area contributed by atoms with E-state index in [2.05, 4.69) is 5.32 Å². The van der Waals surface area contributed by atoms with Crippen molar-refractivity contribution in [3.63, 3.8) is 0 Å². The Morgan fingerprint density at radius 2 is 2.26 bits per heavy atom. The van der Waals surface area contributed by atoms with Gasteiger partial charge in [-0.25, -0.2) is 9.18 Å². The van der Waals surface area contributed by atoms with Crippen molar-refractivity contribution in [2.24, 2.45) is 0 Å². The summed E-state index contributed by atoms with van der Waals surface area (Å²) in [5.41, 5.74) is 2.05. The number of aryl methyl sites for hydroxylation is 1. The first kappa shape index (κ1) is 12.4. The zero-order valence-corrected chi connectivity index (χ0v) is 10.8. The van der Waals surface area contributed by atoms with E-state index >= 15 is 0 Å². The van der Waals surface area contributed by atoms with Crippen LogP contribution in [-0.2, 0) is 6.42 Å². The first-order valence-corrected chi connectivity index (χ1v) is 6.51. The van der Waals surface area contributed by atoms with Gasteiger partial charge in [-0.3, -0.25) is 0 Å². The molecule has 0 aromatic heterocycles. The van der Waals surface area contributed by atoms with Gasteiger partial charge in [-0.05, 0) is 43.0 Å². The van der Waals surface area contributed by atoms with Crippen molar-refractivity contribution in [1.82, 2.24) is 10.2 Å². The van der Waals surface area contributed by atoms with Crippen LogP contribution in [0, 0.1) is 5.82 Å². The fourth-order valence-electron chi connectivity index (χ4n) is 3.18. The molecule has 2 N–H and O–H groups in total. The predicted molar refractivity (Wildman–Crippen MR) is 68.6 cm³/mol. The van der Waals surface area contributed by atoms with Gasteiger partial charge in [0.1, 0.15) is 5.82 Å². The van der Waals surface area contributed by atoms with Crippen molar-refractivity contribution >= 4 is 6.09 Å². The minimum atomic E-state index is -0.867. The highest BCUT2D eigenvalue weighted by molar-refractivity contribution is 5.66. The molecule has 102 valence electrons. The van der Waals surface area contributed by atoms with Crippen molar-refractivity contribution in [1.29, 1.82) is 0 Å². The lowest BCUT2D eigenvalue weighted by molar-refractivity contribution is 0.0456. The minimum Gasteiger partial charge on any atom is -0.465 e. The monoisotopic (exact) mass is 264 g/mol. The Morgan fingerprint density at radius 1 is 1.53 bits per heavy atom. The number of rotatable bonds is 2. The standard InChI is InChI=1S/C14H17FN2O2/c1-14(7-17(8-14)13(18)19)16-12-5-2-9-6-10(15)3-4-11(9)12/h3-4,6,12,16H,2,5,7-8H2,1H3,(H,18,19). The molecule has 1 aliphatic carbocycles. The summed E-state index contributed by atoms with van der Waals surface area (Å²) >= 11 is 0. The lowest BCUT2D eigenvalue weighted by Crippen LogP contribution is -2.68. The maximum Gasteiger partial charge on any atom is 0.407 e. The molecular formula is C14H17FN2O2. The van der Waals surface area contributed by atoms with Crippen molar-refractivity contribution in [2.45, 2.75) is 31.3 Å². The van der Waals surface area contributed by atoms with Crippen LogP contribution in [0.4, 0.5) is 9.18 Å². The molecule has 1 amide bonds. The van der Waals surface area contributed by atoms with E-state index < -0.39 is 6.09 Å². The number of amides is 1. The van der Waals surface area contributed by atoms with Gasteiger partial charge in [-0.15, -0.1) is 0 Å². The third kappa shape index (κ3) is 2.18. The molecule has 2 aliphatic rings. The molecule has 1 heterocycles. The van der Waals surface area contributed by atoms with Gasteiger partial charge in [0.25, 0.3) is 0 Å². The second-order valence-electron chi connectivity index (χ2n) is 5.78. The highest BCUT2D eigenvalue weighted by Crippen LogP contribution is 2.34. The second kappa shape index (κ2) is 4.20. The number of carbonyl (C=O) groups is 1. The number of hydrogen-bond acceptors (Lipinski definition) is 2. The van der Waals surface area contributed by atoms with Crippen molar-refractivity contribution in [3.8, 4) is 0 Å². The van der Waals surface area contributed by atoms with Gasteiger partial charge < -0.3 is 15.3 Å². The van der Waals surface area contributed by atoms with E-state index in [1.807, 2.05) is 13.0 Å². The molecule has 4 nitrogen and oxygen atoms in total. The first-order chi connectivity index (χ1) is 8.97. The SMILES string of the molecule is CC1(NC2CCc3cc(F)ccc32)CN(C(=O)O)C1. The lowest BCUT2D eigenvalue weighted by Gasteiger charge is -2.48. The maximum absolute atomic E-state index is 13.2. The van der Waals surface area contributed by atoms with Crippen LogP contribution in [-0.4, -0.2) is 34.7 Å². The number of hydrogen-bond donors (Lipinski definition) is 2. The van der Waals surface area contributed by atoms with Crippen LogP contribution in [0.15, 0.2) is 18.2 Å². The molecule has 0 bridgehead atoms. The Bertz CT molecular complexity index is 526. The summed E-state index contributed by atoms with van der Waals surface area (Å²) < 4.78 is 13.2. The van der Waals surface area contributed by atoms with E-state index in [-0.39, 0.29) is 17.4 Å². The molecule has 1 fully saturated rings. The lowest BCUT2D eigenvalue weighted by atomic mass is 9.90. The van der Waals surface area contributed by atoms with E-state index in [0.717, 1.165) is 24.0 Å². The average Bonchev–Trinajstić information content (AvgIpc) is 2.68. The van der Waals surface area contributed by atoms with Gasteiger partial charge in [0.05, 0.1) is 5.54 Å². The fourth-order valence-corrected chi connectivity index (χ4v) is 3.18. The Balaban J connectivity index is 1.69. The average molecular weight is 264 g/mol. The van der Waals surface area contributed by atoms with Crippen LogP contribution in [0.3, 0.4) is 0 Å². The Morgan fingerprint density at radius 3 is 2.95 bits per heavy atom. The molecule has 1 saturated heterocycles. The Hall–Kier alpha value is -1.62. The molecule has 1 aromatic rings. The number of nitrogens with one attached hydrogen (secondary N) is 1. The summed E-state index contributed by atoms with van der Waals surface area (Å²) in [4.78, 5) is 12.2. The van der Waals surface area contributed by atoms with Gasteiger partial charge in [0.2, 0.25) is 0 Å². The van der Waals surface area contributed by atoms with E-state index in [4.69, 9.17) is 5.11 Å². The van der Waals surface area contributed by atoms with Crippen molar-refractivity contribution in [2.75, 3.05) is 13.1 Å². The van der Waals surface area contributed by atoms with E-state index in [9.17, 15) is 9.18 Å². The number of nitrogens with zero attached hydrogens (tertiary/aromatic N) is 1. The van der Waals surface area contributed by atoms with E-state index in [0.29, 0.717) is 13.1 Å². The molecule has 0 saturated carbocycles. The van der Waals surface area contributed by atoms with Crippen LogP contribution in [0.2, 0.25) is 0 Å². The van der Waals surface area contributed by atoms with Gasteiger partial charge in [0.15, 0.2) is 0 Å². The first-order valence-electron chi connectivity index (χ1n) is 6.51. The molecule has 1 unspecified atom stereocenters. The zero-order chi connectivity index (χ0) is 13.6. The summed E-state index contributed by atoms with van der Waals surface area (Å²) in [6.45, 7) is 3.05. The van der Waals surface area contributed by atoms with Crippen LogP contribution < -0.4 is 5.32 Å². The number of benzene rings is 1. The molecule has 0 radical (unpaired) electrons. The number of carboxylic acid groups (broad SMARTS) is 1. The van der Waals surface area contributed by atoms with Crippen molar-refractivity contribution < 1.29 is 14.3 Å². The van der Waals surface area contributed by atoms with Crippen LogP contribution >= 0.6 is 0 Å². The van der Waals surface area contributed by atoms with E-state index in [1.54, 1.807) is 6.07 Å².